The fourth-order valence-corrected chi connectivity index (χ4v) is 1.96. The number of aromatic nitrogens is 2. The lowest BCUT2D eigenvalue weighted by Crippen LogP contribution is -2.20. The second kappa shape index (κ2) is 5.31. The average Bonchev–Trinajstić information content (AvgIpc) is 2.54. The van der Waals surface area contributed by atoms with Crippen LogP contribution in [-0.2, 0) is 13.0 Å². The predicted molar refractivity (Wildman–Crippen MR) is 61.8 cm³/mol. The highest BCUT2D eigenvalue weighted by atomic mass is 16.3. The molecule has 0 aliphatic rings. The Morgan fingerprint density at radius 1 is 1.47 bits per heavy atom. The first-order chi connectivity index (χ1) is 7.08. The van der Waals surface area contributed by atoms with Gasteiger partial charge < -0.3 is 5.11 Å². The maximum absolute atomic E-state index is 9.61. The van der Waals surface area contributed by atoms with Crippen LogP contribution < -0.4 is 0 Å². The Bertz CT molecular complexity index is 305. The normalized spacial score (nSPS) is 15.3. The molecule has 1 rings (SSSR count). The summed E-state index contributed by atoms with van der Waals surface area (Å²) in [6.45, 7) is 9.00. The van der Waals surface area contributed by atoms with E-state index in [0.717, 1.165) is 25.1 Å². The fourth-order valence-electron chi connectivity index (χ4n) is 1.96. The Morgan fingerprint density at radius 2 is 2.13 bits per heavy atom. The molecule has 2 unspecified atom stereocenters. The van der Waals surface area contributed by atoms with Crippen molar-refractivity contribution >= 4 is 0 Å². The summed E-state index contributed by atoms with van der Waals surface area (Å²) in [6, 6.07) is 2.12. The van der Waals surface area contributed by atoms with Crippen LogP contribution in [0.25, 0.3) is 0 Å². The maximum Gasteiger partial charge on any atom is 0.0596 e. The van der Waals surface area contributed by atoms with Crippen LogP contribution >= 0.6 is 0 Å². The number of aliphatic hydroxyl groups is 1. The van der Waals surface area contributed by atoms with Gasteiger partial charge in [-0.15, -0.1) is 0 Å². The van der Waals surface area contributed by atoms with Crippen LogP contribution in [0.4, 0.5) is 0 Å². The van der Waals surface area contributed by atoms with Crippen molar-refractivity contribution in [2.24, 2.45) is 5.92 Å². The maximum atomic E-state index is 9.61. The van der Waals surface area contributed by atoms with Gasteiger partial charge in [0, 0.05) is 12.2 Å². The lowest BCUT2D eigenvalue weighted by molar-refractivity contribution is 0.121. The first-order valence-electron chi connectivity index (χ1n) is 5.79. The molecular formula is C12H22N2O. The Labute approximate surface area is 92.1 Å². The third kappa shape index (κ3) is 3.06. The van der Waals surface area contributed by atoms with E-state index < -0.39 is 0 Å². The van der Waals surface area contributed by atoms with Crippen LogP contribution in [0.2, 0.25) is 0 Å². The molecule has 0 fully saturated rings. The molecule has 15 heavy (non-hydrogen) atoms. The van der Waals surface area contributed by atoms with Gasteiger partial charge in [0.25, 0.3) is 0 Å². The smallest absolute Gasteiger partial charge is 0.0596 e. The number of hydrogen-bond donors (Lipinski definition) is 1. The first-order valence-corrected chi connectivity index (χ1v) is 5.79. The summed E-state index contributed by atoms with van der Waals surface area (Å²) in [7, 11) is 0. The van der Waals surface area contributed by atoms with E-state index in [2.05, 4.69) is 25.0 Å². The van der Waals surface area contributed by atoms with E-state index in [4.69, 9.17) is 0 Å². The van der Waals surface area contributed by atoms with Gasteiger partial charge in [-0.2, -0.15) is 5.10 Å². The molecule has 0 saturated carbocycles. The van der Waals surface area contributed by atoms with Crippen molar-refractivity contribution in [3.63, 3.8) is 0 Å². The summed E-state index contributed by atoms with van der Waals surface area (Å²) >= 11 is 0. The van der Waals surface area contributed by atoms with Crippen molar-refractivity contribution in [2.75, 3.05) is 0 Å². The molecule has 3 nitrogen and oxygen atoms in total. The molecule has 0 aliphatic heterocycles. The van der Waals surface area contributed by atoms with Crippen molar-refractivity contribution in [1.29, 1.82) is 0 Å². The van der Waals surface area contributed by atoms with E-state index in [0.29, 0.717) is 5.92 Å². The topological polar surface area (TPSA) is 38.0 Å². The lowest BCUT2D eigenvalue weighted by atomic mass is 9.95. The molecular weight excluding hydrogens is 188 g/mol. The zero-order valence-electron chi connectivity index (χ0n) is 10.2. The van der Waals surface area contributed by atoms with Crippen LogP contribution in [-0.4, -0.2) is 21.0 Å². The van der Waals surface area contributed by atoms with Gasteiger partial charge in [-0.25, -0.2) is 0 Å². The molecule has 0 amide bonds. The van der Waals surface area contributed by atoms with E-state index >= 15 is 0 Å². The van der Waals surface area contributed by atoms with Gasteiger partial charge in [-0.05, 0) is 39.2 Å². The van der Waals surface area contributed by atoms with E-state index in [1.54, 1.807) is 0 Å². The van der Waals surface area contributed by atoms with Gasteiger partial charge in [-0.1, -0.05) is 13.3 Å². The molecule has 1 aromatic rings. The third-order valence-electron chi connectivity index (χ3n) is 2.96. The lowest BCUT2D eigenvalue weighted by Gasteiger charge is -2.18. The fraction of sp³-hybridized carbons (Fsp3) is 0.750. The zero-order valence-corrected chi connectivity index (χ0v) is 10.2. The largest absolute Gasteiger partial charge is 0.393 e. The quantitative estimate of drug-likeness (QED) is 0.808. The Morgan fingerprint density at radius 3 is 2.60 bits per heavy atom. The number of hydrogen-bond acceptors (Lipinski definition) is 2. The van der Waals surface area contributed by atoms with E-state index in [9.17, 15) is 5.11 Å². The predicted octanol–water partition coefficient (Wildman–Crippen LogP) is 2.16. The molecule has 86 valence electrons. The van der Waals surface area contributed by atoms with Gasteiger partial charge in [-0.3, -0.25) is 4.68 Å². The monoisotopic (exact) mass is 210 g/mol. The van der Waals surface area contributed by atoms with Crippen LogP contribution in [0.15, 0.2) is 6.07 Å². The van der Waals surface area contributed by atoms with E-state index in [1.165, 1.54) is 5.69 Å². The third-order valence-corrected chi connectivity index (χ3v) is 2.96. The van der Waals surface area contributed by atoms with Crippen molar-refractivity contribution in [3.8, 4) is 0 Å². The van der Waals surface area contributed by atoms with Gasteiger partial charge in [0.2, 0.25) is 0 Å². The SMILES string of the molecule is CCC(Cc1cc(C)nn1CC)C(C)O. The molecule has 0 bridgehead atoms. The molecule has 0 radical (unpaired) electrons. The van der Waals surface area contributed by atoms with E-state index in [-0.39, 0.29) is 6.10 Å². The van der Waals surface area contributed by atoms with Gasteiger partial charge >= 0.3 is 0 Å². The summed E-state index contributed by atoms with van der Waals surface area (Å²) < 4.78 is 2.03. The van der Waals surface area contributed by atoms with E-state index in [1.807, 2.05) is 18.5 Å². The number of nitrogens with zero attached hydrogens (tertiary/aromatic N) is 2. The van der Waals surface area contributed by atoms with Crippen LogP contribution in [0.1, 0.15) is 38.6 Å². The number of aliphatic hydroxyl groups excluding tert-OH is 1. The van der Waals surface area contributed by atoms with Crippen molar-refractivity contribution in [3.05, 3.63) is 17.5 Å². The molecule has 0 saturated heterocycles. The summed E-state index contributed by atoms with van der Waals surface area (Å²) in [5.74, 6) is 0.339. The molecule has 3 heteroatoms. The Kier molecular flexibility index (Phi) is 4.33. The second-order valence-electron chi connectivity index (χ2n) is 4.21. The van der Waals surface area contributed by atoms with Crippen molar-refractivity contribution in [2.45, 2.75) is 53.2 Å². The highest BCUT2D eigenvalue weighted by Crippen LogP contribution is 2.16. The van der Waals surface area contributed by atoms with Crippen LogP contribution in [0.5, 0.6) is 0 Å². The van der Waals surface area contributed by atoms with Crippen molar-refractivity contribution < 1.29 is 5.11 Å². The summed E-state index contributed by atoms with van der Waals surface area (Å²) in [6.07, 6.45) is 1.68. The molecule has 0 spiro atoms. The van der Waals surface area contributed by atoms with Gasteiger partial charge in [0.15, 0.2) is 0 Å². The summed E-state index contributed by atoms with van der Waals surface area (Å²) in [4.78, 5) is 0. The van der Waals surface area contributed by atoms with Gasteiger partial charge in [0.05, 0.1) is 11.8 Å². The second-order valence-corrected chi connectivity index (χ2v) is 4.21. The van der Waals surface area contributed by atoms with Crippen molar-refractivity contribution in [1.82, 2.24) is 9.78 Å². The molecule has 1 heterocycles. The minimum absolute atomic E-state index is 0.240. The van der Waals surface area contributed by atoms with Crippen LogP contribution in [0.3, 0.4) is 0 Å². The van der Waals surface area contributed by atoms with Crippen LogP contribution in [0, 0.1) is 12.8 Å². The highest BCUT2D eigenvalue weighted by molar-refractivity contribution is 5.10. The number of aryl methyl sites for hydroxylation is 2. The first kappa shape index (κ1) is 12.2. The minimum atomic E-state index is -0.240. The molecule has 0 aliphatic carbocycles. The molecule has 1 N–H and O–H groups in total. The highest BCUT2D eigenvalue weighted by Gasteiger charge is 2.16. The standard InChI is InChI=1S/C12H22N2O/c1-5-11(10(4)15)8-12-7-9(3)13-14(12)6-2/h7,10-11,15H,5-6,8H2,1-4H3. The molecule has 0 aromatic carbocycles. The minimum Gasteiger partial charge on any atom is -0.393 e. The molecule has 2 atom stereocenters. The summed E-state index contributed by atoms with van der Waals surface area (Å²) in [5.41, 5.74) is 2.30. The summed E-state index contributed by atoms with van der Waals surface area (Å²) in [5, 5.41) is 14.0. The zero-order chi connectivity index (χ0) is 11.4. The molecule has 1 aromatic heterocycles. The Balaban J connectivity index is 2.77. The van der Waals surface area contributed by atoms with Gasteiger partial charge in [0.1, 0.15) is 0 Å². The Hall–Kier alpha value is -0.830. The average molecular weight is 210 g/mol. The number of rotatable bonds is 5.